The molecule has 0 aliphatic carbocycles. The minimum absolute atomic E-state index is 0.234. The van der Waals surface area contributed by atoms with Crippen molar-refractivity contribution in [2.24, 2.45) is 0 Å². The first-order valence-corrected chi connectivity index (χ1v) is 9.30. The highest BCUT2D eigenvalue weighted by molar-refractivity contribution is 9.10. The highest BCUT2D eigenvalue weighted by Gasteiger charge is 2.21. The van der Waals surface area contributed by atoms with Crippen LogP contribution in [0.2, 0.25) is 4.34 Å². The SMILES string of the molecule is Cc1ccc(S(=O)(=O)NC(C)c2ccc(Cl)s2)c(Br)c1. The summed E-state index contributed by atoms with van der Waals surface area (Å²) in [5.41, 5.74) is 0.994. The first kappa shape index (κ1) is 16.0. The molecule has 0 saturated carbocycles. The molecule has 2 aromatic rings. The first-order valence-electron chi connectivity index (χ1n) is 5.83. The second-order valence-corrected chi connectivity index (χ2v) is 8.70. The van der Waals surface area contributed by atoms with Crippen LogP contribution in [-0.4, -0.2) is 8.42 Å². The van der Waals surface area contributed by atoms with Gasteiger partial charge in [-0.15, -0.1) is 11.3 Å². The van der Waals surface area contributed by atoms with E-state index in [9.17, 15) is 8.42 Å². The summed E-state index contributed by atoms with van der Waals surface area (Å²) in [4.78, 5) is 1.11. The maximum absolute atomic E-state index is 12.4. The molecule has 0 spiro atoms. The second-order valence-electron chi connectivity index (χ2n) is 4.42. The molecule has 2 rings (SSSR count). The van der Waals surface area contributed by atoms with Crippen LogP contribution < -0.4 is 4.72 Å². The van der Waals surface area contributed by atoms with E-state index < -0.39 is 10.0 Å². The molecule has 0 aliphatic rings. The third kappa shape index (κ3) is 3.62. The van der Waals surface area contributed by atoms with Crippen molar-refractivity contribution in [2.75, 3.05) is 0 Å². The maximum atomic E-state index is 12.4. The van der Waals surface area contributed by atoms with E-state index in [1.165, 1.54) is 11.3 Å². The number of hydrogen-bond acceptors (Lipinski definition) is 3. The number of aryl methyl sites for hydroxylation is 1. The zero-order chi connectivity index (χ0) is 14.9. The fourth-order valence-corrected chi connectivity index (χ4v) is 5.29. The Balaban J connectivity index is 2.27. The first-order chi connectivity index (χ1) is 9.29. The molecule has 108 valence electrons. The van der Waals surface area contributed by atoms with Crippen LogP contribution in [0.4, 0.5) is 0 Å². The molecule has 1 aromatic heterocycles. The Labute approximate surface area is 136 Å². The lowest BCUT2D eigenvalue weighted by molar-refractivity contribution is 0.568. The molecule has 1 N–H and O–H groups in total. The van der Waals surface area contributed by atoms with Gasteiger partial charge in [0.05, 0.1) is 15.3 Å². The van der Waals surface area contributed by atoms with E-state index in [2.05, 4.69) is 20.7 Å². The minimum Gasteiger partial charge on any atom is -0.207 e. The Bertz CT molecular complexity index is 728. The average Bonchev–Trinajstić information content (AvgIpc) is 2.74. The summed E-state index contributed by atoms with van der Waals surface area (Å²) in [5.74, 6) is 0. The van der Waals surface area contributed by atoms with E-state index in [1.54, 1.807) is 31.2 Å². The van der Waals surface area contributed by atoms with Crippen molar-refractivity contribution in [3.05, 3.63) is 49.6 Å². The number of thiophene rings is 1. The molecule has 3 nitrogen and oxygen atoms in total. The van der Waals surface area contributed by atoms with E-state index in [-0.39, 0.29) is 10.9 Å². The number of hydrogen-bond donors (Lipinski definition) is 1. The van der Waals surface area contributed by atoms with Crippen molar-refractivity contribution in [3.63, 3.8) is 0 Å². The smallest absolute Gasteiger partial charge is 0.207 e. The molecule has 0 saturated heterocycles. The highest BCUT2D eigenvalue weighted by Crippen LogP contribution is 2.29. The van der Waals surface area contributed by atoms with Crippen LogP contribution in [0.25, 0.3) is 0 Å². The third-order valence-corrected chi connectivity index (χ3v) is 6.66. The van der Waals surface area contributed by atoms with Gasteiger partial charge in [-0.3, -0.25) is 0 Å². The van der Waals surface area contributed by atoms with Gasteiger partial charge < -0.3 is 0 Å². The summed E-state index contributed by atoms with van der Waals surface area (Å²) in [6.45, 7) is 3.70. The Morgan fingerprint density at radius 1 is 1.30 bits per heavy atom. The molecule has 0 radical (unpaired) electrons. The Morgan fingerprint density at radius 3 is 2.55 bits per heavy atom. The van der Waals surface area contributed by atoms with Gasteiger partial charge in [0.2, 0.25) is 10.0 Å². The molecule has 0 aliphatic heterocycles. The lowest BCUT2D eigenvalue weighted by Gasteiger charge is -2.14. The van der Waals surface area contributed by atoms with Crippen LogP contribution in [0.15, 0.2) is 39.7 Å². The van der Waals surface area contributed by atoms with E-state index in [1.807, 2.05) is 13.0 Å². The van der Waals surface area contributed by atoms with Crippen molar-refractivity contribution in [2.45, 2.75) is 24.8 Å². The standard InChI is InChI=1S/C13H13BrClNO2S2/c1-8-3-5-12(10(14)7-8)20(17,18)16-9(2)11-4-6-13(15)19-11/h3-7,9,16H,1-2H3. The molecule has 1 unspecified atom stereocenters. The van der Waals surface area contributed by atoms with Crippen molar-refractivity contribution in [3.8, 4) is 0 Å². The van der Waals surface area contributed by atoms with Gasteiger partial charge in [0, 0.05) is 9.35 Å². The summed E-state index contributed by atoms with van der Waals surface area (Å²) in [6.07, 6.45) is 0. The predicted octanol–water partition coefficient (Wildman–Crippen LogP) is 4.51. The van der Waals surface area contributed by atoms with Gasteiger partial charge in [0.25, 0.3) is 0 Å². The van der Waals surface area contributed by atoms with Gasteiger partial charge in [0.1, 0.15) is 0 Å². The van der Waals surface area contributed by atoms with Crippen molar-refractivity contribution >= 4 is 48.9 Å². The predicted molar refractivity (Wildman–Crippen MR) is 86.9 cm³/mol. The molecule has 7 heteroatoms. The van der Waals surface area contributed by atoms with Crippen LogP contribution >= 0.6 is 38.9 Å². The van der Waals surface area contributed by atoms with E-state index in [4.69, 9.17) is 11.6 Å². The quantitative estimate of drug-likeness (QED) is 0.829. The normalized spacial score (nSPS) is 13.4. The summed E-state index contributed by atoms with van der Waals surface area (Å²) in [7, 11) is -3.58. The molecule has 0 bridgehead atoms. The van der Waals surface area contributed by atoms with E-state index >= 15 is 0 Å². The number of sulfonamides is 1. The summed E-state index contributed by atoms with van der Waals surface area (Å²) in [6, 6.07) is 8.40. The molecule has 1 heterocycles. The molecule has 1 atom stereocenters. The van der Waals surface area contributed by atoms with Crippen LogP contribution in [0.1, 0.15) is 23.4 Å². The molecule has 20 heavy (non-hydrogen) atoms. The molecule has 0 fully saturated rings. The largest absolute Gasteiger partial charge is 0.242 e. The second kappa shape index (κ2) is 6.15. The van der Waals surface area contributed by atoms with E-state index in [0.717, 1.165) is 10.4 Å². The fourth-order valence-electron chi connectivity index (χ4n) is 1.74. The number of halogens is 2. The van der Waals surface area contributed by atoms with Crippen LogP contribution in [0.5, 0.6) is 0 Å². The minimum atomic E-state index is -3.58. The third-order valence-electron chi connectivity index (χ3n) is 2.73. The van der Waals surface area contributed by atoms with Gasteiger partial charge >= 0.3 is 0 Å². The van der Waals surface area contributed by atoms with Gasteiger partial charge in [-0.25, -0.2) is 13.1 Å². The van der Waals surface area contributed by atoms with Crippen molar-refractivity contribution in [1.82, 2.24) is 4.72 Å². The van der Waals surface area contributed by atoms with Crippen molar-refractivity contribution < 1.29 is 8.42 Å². The molecule has 1 aromatic carbocycles. The zero-order valence-corrected chi connectivity index (χ0v) is 14.8. The lowest BCUT2D eigenvalue weighted by atomic mass is 10.2. The topological polar surface area (TPSA) is 46.2 Å². The molecular formula is C13H13BrClNO2S2. The molecule has 0 amide bonds. The zero-order valence-electron chi connectivity index (χ0n) is 10.9. The van der Waals surface area contributed by atoms with Gasteiger partial charge in [-0.1, -0.05) is 17.7 Å². The molecular weight excluding hydrogens is 382 g/mol. The summed E-state index contributed by atoms with van der Waals surface area (Å²) >= 11 is 10.5. The lowest BCUT2D eigenvalue weighted by Crippen LogP contribution is -2.26. The van der Waals surface area contributed by atoms with Crippen LogP contribution in [-0.2, 0) is 10.0 Å². The van der Waals surface area contributed by atoms with Crippen molar-refractivity contribution in [1.29, 1.82) is 0 Å². The van der Waals surface area contributed by atoms with Gasteiger partial charge in [-0.05, 0) is 59.6 Å². The van der Waals surface area contributed by atoms with Gasteiger partial charge in [-0.2, -0.15) is 0 Å². The fraction of sp³-hybridized carbons (Fsp3) is 0.231. The Kier molecular flexibility index (Phi) is 4.92. The average molecular weight is 395 g/mol. The summed E-state index contributed by atoms with van der Waals surface area (Å²) < 4.78 is 28.6. The number of benzene rings is 1. The van der Waals surface area contributed by atoms with E-state index in [0.29, 0.717) is 8.81 Å². The summed E-state index contributed by atoms with van der Waals surface area (Å²) in [5, 5.41) is 0. The van der Waals surface area contributed by atoms with Crippen LogP contribution in [0, 0.1) is 6.92 Å². The monoisotopic (exact) mass is 393 g/mol. The number of rotatable bonds is 4. The van der Waals surface area contributed by atoms with Gasteiger partial charge in [0.15, 0.2) is 0 Å². The number of nitrogens with one attached hydrogen (secondary N) is 1. The van der Waals surface area contributed by atoms with Crippen LogP contribution in [0.3, 0.4) is 0 Å². The highest BCUT2D eigenvalue weighted by atomic mass is 79.9. The maximum Gasteiger partial charge on any atom is 0.242 e. The Morgan fingerprint density at radius 2 is 2.00 bits per heavy atom. The Hall–Kier alpha value is -0.400.